The first-order valence-electron chi connectivity index (χ1n) is 6.92. The quantitative estimate of drug-likeness (QED) is 0.869. The summed E-state index contributed by atoms with van der Waals surface area (Å²) in [6.07, 6.45) is 0.506. The largest absolute Gasteiger partial charge is 0.441 e. The molecule has 1 aromatic carbocycles. The van der Waals surface area contributed by atoms with Gasteiger partial charge in [0.1, 0.15) is 5.60 Å². The van der Waals surface area contributed by atoms with Crippen molar-refractivity contribution in [3.8, 4) is 6.07 Å². The molecule has 2 aliphatic heterocycles. The summed E-state index contributed by atoms with van der Waals surface area (Å²) in [5, 5.41) is 11.4. The van der Waals surface area contributed by atoms with E-state index in [1.807, 2.05) is 6.07 Å². The van der Waals surface area contributed by atoms with Crippen molar-refractivity contribution in [2.24, 2.45) is 0 Å². The summed E-state index contributed by atoms with van der Waals surface area (Å²) < 4.78 is 31.8. The highest BCUT2D eigenvalue weighted by atomic mass is 32.2. The molecular formula is C14H15N3O4S. The number of nitrogens with one attached hydrogen (secondary N) is 1. The summed E-state index contributed by atoms with van der Waals surface area (Å²) in [6, 6.07) is 7.81. The van der Waals surface area contributed by atoms with Gasteiger partial charge < -0.3 is 10.1 Å². The molecule has 8 heteroatoms. The summed E-state index contributed by atoms with van der Waals surface area (Å²) >= 11 is 0. The third-order valence-electron chi connectivity index (χ3n) is 4.12. The van der Waals surface area contributed by atoms with Crippen LogP contribution in [0.2, 0.25) is 0 Å². The maximum atomic E-state index is 12.6. The van der Waals surface area contributed by atoms with Gasteiger partial charge in [-0.1, -0.05) is 0 Å². The lowest BCUT2D eigenvalue weighted by molar-refractivity contribution is 0.0173. The third-order valence-corrected chi connectivity index (χ3v) is 6.03. The summed E-state index contributed by atoms with van der Waals surface area (Å²) in [6.45, 7) is 1.03. The lowest BCUT2D eigenvalue weighted by atomic mass is 9.93. The predicted octanol–water partition coefficient (Wildman–Crippen LogP) is 0.821. The fraction of sp³-hybridized carbons (Fsp3) is 0.429. The fourth-order valence-corrected chi connectivity index (χ4v) is 4.21. The van der Waals surface area contributed by atoms with Crippen molar-refractivity contribution in [2.45, 2.75) is 23.3 Å². The van der Waals surface area contributed by atoms with Crippen LogP contribution in [0.4, 0.5) is 4.79 Å². The van der Waals surface area contributed by atoms with Crippen molar-refractivity contribution in [1.82, 2.24) is 9.62 Å². The molecule has 0 atom stereocenters. The highest BCUT2D eigenvalue weighted by molar-refractivity contribution is 7.89. The summed E-state index contributed by atoms with van der Waals surface area (Å²) in [4.78, 5) is 11.4. The number of ether oxygens (including phenoxy) is 1. The second-order valence-corrected chi connectivity index (χ2v) is 7.40. The Hall–Kier alpha value is -2.11. The summed E-state index contributed by atoms with van der Waals surface area (Å²) in [5.74, 6) is 0. The fourth-order valence-electron chi connectivity index (χ4n) is 2.77. The van der Waals surface area contributed by atoms with Crippen molar-refractivity contribution >= 4 is 16.1 Å². The van der Waals surface area contributed by atoms with Gasteiger partial charge in [-0.05, 0) is 24.3 Å². The van der Waals surface area contributed by atoms with Gasteiger partial charge in [-0.2, -0.15) is 9.57 Å². The van der Waals surface area contributed by atoms with E-state index in [2.05, 4.69) is 5.32 Å². The Morgan fingerprint density at radius 3 is 2.36 bits per heavy atom. The smallest absolute Gasteiger partial charge is 0.407 e. The first kappa shape index (κ1) is 14.8. The molecule has 0 bridgehead atoms. The lowest BCUT2D eigenvalue weighted by Gasteiger charge is -2.36. The van der Waals surface area contributed by atoms with Crippen molar-refractivity contribution in [3.63, 3.8) is 0 Å². The number of alkyl carbamates (subject to hydrolysis) is 1. The van der Waals surface area contributed by atoms with Crippen LogP contribution in [0.1, 0.15) is 18.4 Å². The average molecular weight is 321 g/mol. The van der Waals surface area contributed by atoms with Gasteiger partial charge in [0.25, 0.3) is 0 Å². The van der Waals surface area contributed by atoms with E-state index in [4.69, 9.17) is 10.00 Å². The van der Waals surface area contributed by atoms with Crippen LogP contribution in [0.25, 0.3) is 0 Å². The zero-order valence-electron chi connectivity index (χ0n) is 11.8. The molecule has 3 rings (SSSR count). The molecule has 0 unspecified atom stereocenters. The van der Waals surface area contributed by atoms with Crippen LogP contribution in [-0.2, 0) is 14.8 Å². The van der Waals surface area contributed by atoms with E-state index in [1.165, 1.54) is 28.6 Å². The number of amides is 1. The molecule has 22 heavy (non-hydrogen) atoms. The maximum absolute atomic E-state index is 12.6. The van der Waals surface area contributed by atoms with E-state index < -0.39 is 21.7 Å². The number of nitrogens with zero attached hydrogens (tertiary/aromatic N) is 2. The molecule has 0 aliphatic carbocycles. The second-order valence-electron chi connectivity index (χ2n) is 5.47. The van der Waals surface area contributed by atoms with Crippen LogP contribution in [0.15, 0.2) is 29.2 Å². The molecule has 116 valence electrons. The minimum Gasteiger partial charge on any atom is -0.441 e. The average Bonchev–Trinajstić information content (AvgIpc) is 2.88. The first-order chi connectivity index (χ1) is 10.5. The Morgan fingerprint density at radius 2 is 1.86 bits per heavy atom. The zero-order chi connectivity index (χ0) is 15.8. The maximum Gasteiger partial charge on any atom is 0.407 e. The molecule has 0 aromatic heterocycles. The standard InChI is InChI=1S/C14H15N3O4S/c15-9-11-1-3-12(4-2-11)22(19,20)17-7-5-14(6-8-17)10-16-13(18)21-14/h1-4H,5-8,10H2,(H,16,18). The van der Waals surface area contributed by atoms with Gasteiger partial charge in [0, 0.05) is 25.9 Å². The van der Waals surface area contributed by atoms with Crippen LogP contribution in [0, 0.1) is 11.3 Å². The molecule has 2 saturated heterocycles. The highest BCUT2D eigenvalue weighted by Crippen LogP contribution is 2.31. The minimum absolute atomic E-state index is 0.170. The Bertz CT molecular complexity index is 728. The number of rotatable bonds is 2. The topological polar surface area (TPSA) is 99.5 Å². The molecule has 1 spiro atoms. The van der Waals surface area contributed by atoms with Crippen LogP contribution in [0.3, 0.4) is 0 Å². The number of piperidine rings is 1. The minimum atomic E-state index is -3.58. The number of carbonyl (C=O) groups excluding carboxylic acids is 1. The van der Waals surface area contributed by atoms with Crippen LogP contribution >= 0.6 is 0 Å². The molecule has 2 aliphatic rings. The van der Waals surface area contributed by atoms with Crippen LogP contribution in [-0.4, -0.2) is 44.1 Å². The van der Waals surface area contributed by atoms with E-state index in [0.29, 0.717) is 38.0 Å². The normalized spacial score (nSPS) is 21.1. The Balaban J connectivity index is 1.74. The SMILES string of the molecule is N#Cc1ccc(S(=O)(=O)N2CCC3(CC2)CNC(=O)O3)cc1. The molecule has 1 aromatic rings. The summed E-state index contributed by atoms with van der Waals surface area (Å²) in [7, 11) is -3.58. The molecule has 7 nitrogen and oxygen atoms in total. The van der Waals surface area contributed by atoms with Gasteiger partial charge in [-0.25, -0.2) is 13.2 Å². The second kappa shape index (κ2) is 5.26. The van der Waals surface area contributed by atoms with E-state index in [1.54, 1.807) is 0 Å². The van der Waals surface area contributed by atoms with Gasteiger partial charge >= 0.3 is 6.09 Å². The molecule has 0 saturated carbocycles. The van der Waals surface area contributed by atoms with Gasteiger partial charge in [0.2, 0.25) is 10.0 Å². The molecular weight excluding hydrogens is 306 g/mol. The van der Waals surface area contributed by atoms with Crippen molar-refractivity contribution in [2.75, 3.05) is 19.6 Å². The van der Waals surface area contributed by atoms with E-state index in [0.717, 1.165) is 0 Å². The molecule has 2 fully saturated rings. The van der Waals surface area contributed by atoms with Crippen molar-refractivity contribution in [1.29, 1.82) is 5.26 Å². The lowest BCUT2D eigenvalue weighted by Crippen LogP contribution is -2.48. The Labute approximate surface area is 128 Å². The number of nitriles is 1. The van der Waals surface area contributed by atoms with Crippen molar-refractivity contribution < 1.29 is 17.9 Å². The molecule has 1 N–H and O–H groups in total. The first-order valence-corrected chi connectivity index (χ1v) is 8.36. The van der Waals surface area contributed by atoms with Gasteiger partial charge in [0.15, 0.2) is 0 Å². The number of sulfonamides is 1. The Kier molecular flexibility index (Phi) is 3.54. The molecule has 1 amide bonds. The summed E-state index contributed by atoms with van der Waals surface area (Å²) in [5.41, 5.74) is -0.159. The predicted molar refractivity (Wildman–Crippen MR) is 76.4 cm³/mol. The van der Waals surface area contributed by atoms with Crippen LogP contribution < -0.4 is 5.32 Å². The number of benzene rings is 1. The molecule has 2 heterocycles. The third kappa shape index (κ3) is 2.53. The van der Waals surface area contributed by atoms with E-state index in [-0.39, 0.29) is 4.90 Å². The highest BCUT2D eigenvalue weighted by Gasteiger charge is 2.45. The molecule has 0 radical (unpaired) electrons. The number of carbonyl (C=O) groups is 1. The monoisotopic (exact) mass is 321 g/mol. The Morgan fingerprint density at radius 1 is 1.23 bits per heavy atom. The van der Waals surface area contributed by atoms with E-state index >= 15 is 0 Å². The van der Waals surface area contributed by atoms with Gasteiger partial charge in [0.05, 0.1) is 23.1 Å². The van der Waals surface area contributed by atoms with E-state index in [9.17, 15) is 13.2 Å². The van der Waals surface area contributed by atoms with Crippen LogP contribution in [0.5, 0.6) is 0 Å². The zero-order valence-corrected chi connectivity index (χ0v) is 12.6. The van der Waals surface area contributed by atoms with Gasteiger partial charge in [-0.15, -0.1) is 0 Å². The number of hydrogen-bond donors (Lipinski definition) is 1. The van der Waals surface area contributed by atoms with Crippen molar-refractivity contribution in [3.05, 3.63) is 29.8 Å². The number of hydrogen-bond acceptors (Lipinski definition) is 5. The van der Waals surface area contributed by atoms with Gasteiger partial charge in [-0.3, -0.25) is 0 Å².